The number of fused-ring (bicyclic) bond motifs is 1. The first-order valence-electron chi connectivity index (χ1n) is 8.21. The van der Waals surface area contributed by atoms with E-state index in [1.165, 1.54) is 19.6 Å². The molecule has 0 aromatic carbocycles. The van der Waals surface area contributed by atoms with E-state index >= 15 is 0 Å². The molecule has 120 valence electrons. The lowest BCUT2D eigenvalue weighted by atomic mass is 9.97. The molecule has 0 bridgehead atoms. The number of amides is 1. The fourth-order valence-electron chi connectivity index (χ4n) is 3.66. The van der Waals surface area contributed by atoms with Crippen molar-refractivity contribution in [3.8, 4) is 5.75 Å². The number of rotatable bonds is 2. The second kappa shape index (κ2) is 6.15. The van der Waals surface area contributed by atoms with E-state index in [9.17, 15) is 9.59 Å². The molecule has 5 nitrogen and oxygen atoms in total. The van der Waals surface area contributed by atoms with Crippen molar-refractivity contribution in [2.75, 3.05) is 20.2 Å². The van der Waals surface area contributed by atoms with Gasteiger partial charge in [0, 0.05) is 31.4 Å². The zero-order chi connectivity index (χ0) is 15.7. The first kappa shape index (κ1) is 15.1. The zero-order valence-electron chi connectivity index (χ0n) is 13.4. The largest absolute Gasteiger partial charge is 0.496 e. The zero-order valence-corrected chi connectivity index (χ0v) is 13.4. The minimum absolute atomic E-state index is 0.0223. The number of ether oxygens (including phenoxy) is 1. The number of methoxy groups -OCH3 is 1. The van der Waals surface area contributed by atoms with E-state index in [-0.39, 0.29) is 11.5 Å². The van der Waals surface area contributed by atoms with Gasteiger partial charge < -0.3 is 14.2 Å². The van der Waals surface area contributed by atoms with E-state index in [1.54, 1.807) is 4.57 Å². The van der Waals surface area contributed by atoms with Gasteiger partial charge in [-0.3, -0.25) is 9.59 Å². The maximum atomic E-state index is 13.0. The van der Waals surface area contributed by atoms with E-state index in [0.717, 1.165) is 44.5 Å². The molecule has 1 aromatic heterocycles. The van der Waals surface area contributed by atoms with Gasteiger partial charge in [0.05, 0.1) is 7.11 Å². The molecule has 3 heterocycles. The minimum atomic E-state index is -0.0601. The van der Waals surface area contributed by atoms with Crippen molar-refractivity contribution >= 4 is 5.91 Å². The Morgan fingerprint density at radius 1 is 1.27 bits per heavy atom. The molecule has 1 saturated heterocycles. The van der Waals surface area contributed by atoms with Gasteiger partial charge in [-0.15, -0.1) is 0 Å². The highest BCUT2D eigenvalue weighted by molar-refractivity contribution is 5.98. The van der Waals surface area contributed by atoms with Gasteiger partial charge in [0.2, 0.25) is 0 Å². The highest BCUT2D eigenvalue weighted by Crippen LogP contribution is 2.28. The summed E-state index contributed by atoms with van der Waals surface area (Å²) in [6.07, 6.45) is 5.01. The van der Waals surface area contributed by atoms with Crippen LogP contribution in [0.1, 0.15) is 48.7 Å². The van der Waals surface area contributed by atoms with E-state index in [4.69, 9.17) is 4.74 Å². The third kappa shape index (κ3) is 2.64. The summed E-state index contributed by atoms with van der Waals surface area (Å²) in [5.41, 5.74) is 1.41. The standard InChI is InChI=1S/C17H24N2O3/c1-12-6-5-8-18(11-12)17(21)16-13-7-3-4-9-19(13)15(20)10-14(16)22-2/h10,12H,3-9,11H2,1-2H3. The predicted molar refractivity (Wildman–Crippen MR) is 84.5 cm³/mol. The van der Waals surface area contributed by atoms with Crippen molar-refractivity contribution in [2.24, 2.45) is 5.92 Å². The molecule has 0 aliphatic carbocycles. The molecule has 0 spiro atoms. The summed E-state index contributed by atoms with van der Waals surface area (Å²) < 4.78 is 7.13. The van der Waals surface area contributed by atoms with Crippen LogP contribution in [-0.4, -0.2) is 35.6 Å². The number of carbonyl (C=O) groups is 1. The second-order valence-corrected chi connectivity index (χ2v) is 6.48. The first-order valence-corrected chi connectivity index (χ1v) is 8.21. The summed E-state index contributed by atoms with van der Waals surface area (Å²) in [6, 6.07) is 1.47. The van der Waals surface area contributed by atoms with Gasteiger partial charge in [-0.25, -0.2) is 0 Å². The van der Waals surface area contributed by atoms with Crippen LogP contribution in [0.3, 0.4) is 0 Å². The molecular formula is C17H24N2O3. The summed E-state index contributed by atoms with van der Waals surface area (Å²) >= 11 is 0. The number of hydrogen-bond donors (Lipinski definition) is 0. The van der Waals surface area contributed by atoms with E-state index in [1.807, 2.05) is 4.90 Å². The van der Waals surface area contributed by atoms with Gasteiger partial charge in [0.15, 0.2) is 0 Å². The molecule has 3 rings (SSSR count). The van der Waals surface area contributed by atoms with Crippen LogP contribution >= 0.6 is 0 Å². The molecule has 1 amide bonds. The maximum absolute atomic E-state index is 13.0. The fourth-order valence-corrected chi connectivity index (χ4v) is 3.66. The third-order valence-electron chi connectivity index (χ3n) is 4.80. The third-order valence-corrected chi connectivity index (χ3v) is 4.80. The van der Waals surface area contributed by atoms with Gasteiger partial charge in [-0.05, 0) is 38.0 Å². The molecule has 2 aliphatic rings. The molecule has 1 atom stereocenters. The lowest BCUT2D eigenvalue weighted by molar-refractivity contribution is 0.0676. The molecule has 22 heavy (non-hydrogen) atoms. The number of hydrogen-bond acceptors (Lipinski definition) is 3. The number of pyridine rings is 1. The van der Waals surface area contributed by atoms with Gasteiger partial charge in [0.1, 0.15) is 11.3 Å². The molecule has 1 aromatic rings. The summed E-state index contributed by atoms with van der Waals surface area (Å²) in [4.78, 5) is 27.2. The van der Waals surface area contributed by atoms with Crippen LogP contribution in [0.25, 0.3) is 0 Å². The smallest absolute Gasteiger partial charge is 0.259 e. The van der Waals surface area contributed by atoms with Crippen LogP contribution in [0.2, 0.25) is 0 Å². The van der Waals surface area contributed by atoms with Crippen LogP contribution in [0.4, 0.5) is 0 Å². The van der Waals surface area contributed by atoms with E-state index < -0.39 is 0 Å². The Bertz CT molecular complexity index is 636. The van der Waals surface area contributed by atoms with Crippen LogP contribution in [-0.2, 0) is 13.0 Å². The molecular weight excluding hydrogens is 280 g/mol. The Kier molecular flexibility index (Phi) is 4.23. The number of carbonyl (C=O) groups excluding carboxylic acids is 1. The number of likely N-dealkylation sites (tertiary alicyclic amines) is 1. The highest BCUT2D eigenvalue weighted by atomic mass is 16.5. The average Bonchev–Trinajstić information content (AvgIpc) is 2.54. The number of nitrogens with zero attached hydrogens (tertiary/aromatic N) is 2. The lowest BCUT2D eigenvalue weighted by Gasteiger charge is -2.32. The van der Waals surface area contributed by atoms with Crippen molar-refractivity contribution in [3.63, 3.8) is 0 Å². The molecule has 0 N–H and O–H groups in total. The molecule has 5 heteroatoms. The van der Waals surface area contributed by atoms with Crippen LogP contribution < -0.4 is 10.3 Å². The second-order valence-electron chi connectivity index (χ2n) is 6.48. The van der Waals surface area contributed by atoms with Crippen molar-refractivity contribution in [2.45, 2.75) is 45.6 Å². The molecule has 0 radical (unpaired) electrons. The molecule has 0 saturated carbocycles. The van der Waals surface area contributed by atoms with Gasteiger partial charge in [-0.2, -0.15) is 0 Å². The average molecular weight is 304 g/mol. The number of piperidine rings is 1. The van der Waals surface area contributed by atoms with E-state index in [0.29, 0.717) is 23.8 Å². The summed E-state index contributed by atoms with van der Waals surface area (Å²) in [5, 5.41) is 0. The number of aromatic nitrogens is 1. The first-order chi connectivity index (χ1) is 10.6. The normalized spacial score (nSPS) is 21.4. The topological polar surface area (TPSA) is 51.5 Å². The Morgan fingerprint density at radius 2 is 2.09 bits per heavy atom. The lowest BCUT2D eigenvalue weighted by Crippen LogP contribution is -2.41. The SMILES string of the molecule is COc1cc(=O)n2c(c1C(=O)N1CCCC(C)C1)CCCC2. The minimum Gasteiger partial charge on any atom is -0.496 e. The van der Waals surface area contributed by atoms with Crippen molar-refractivity contribution in [1.82, 2.24) is 9.47 Å². The van der Waals surface area contributed by atoms with Crippen LogP contribution in [0, 0.1) is 5.92 Å². The fraction of sp³-hybridized carbons (Fsp3) is 0.647. The van der Waals surface area contributed by atoms with Crippen molar-refractivity contribution in [3.05, 3.63) is 27.7 Å². The summed E-state index contributed by atoms with van der Waals surface area (Å²) in [6.45, 7) is 4.47. The van der Waals surface area contributed by atoms with E-state index in [2.05, 4.69) is 6.92 Å². The Balaban J connectivity index is 2.04. The van der Waals surface area contributed by atoms with Crippen molar-refractivity contribution in [1.29, 1.82) is 0 Å². The summed E-state index contributed by atoms with van der Waals surface area (Å²) in [5.74, 6) is 0.987. The molecule has 1 unspecified atom stereocenters. The van der Waals surface area contributed by atoms with Crippen LogP contribution in [0.5, 0.6) is 5.75 Å². The Morgan fingerprint density at radius 3 is 2.82 bits per heavy atom. The van der Waals surface area contributed by atoms with Gasteiger partial charge in [-0.1, -0.05) is 6.92 Å². The summed E-state index contributed by atoms with van der Waals surface area (Å²) in [7, 11) is 1.53. The van der Waals surface area contributed by atoms with Gasteiger partial charge >= 0.3 is 0 Å². The molecule has 1 fully saturated rings. The predicted octanol–water partition coefficient (Wildman–Crippen LogP) is 2.07. The monoisotopic (exact) mass is 304 g/mol. The Hall–Kier alpha value is -1.78. The molecule has 2 aliphatic heterocycles. The van der Waals surface area contributed by atoms with Crippen molar-refractivity contribution < 1.29 is 9.53 Å². The van der Waals surface area contributed by atoms with Gasteiger partial charge in [0.25, 0.3) is 11.5 Å². The highest BCUT2D eigenvalue weighted by Gasteiger charge is 2.29. The van der Waals surface area contributed by atoms with Crippen LogP contribution in [0.15, 0.2) is 10.9 Å². The Labute approximate surface area is 130 Å². The maximum Gasteiger partial charge on any atom is 0.259 e. The quantitative estimate of drug-likeness (QED) is 0.840.